The van der Waals surface area contributed by atoms with Crippen LogP contribution in [0.2, 0.25) is 0 Å². The lowest BCUT2D eigenvalue weighted by Crippen LogP contribution is -2.39. The van der Waals surface area contributed by atoms with Crippen molar-refractivity contribution < 1.29 is 18.3 Å². The molecule has 0 amide bonds. The Bertz CT molecular complexity index is 428. The van der Waals surface area contributed by atoms with Gasteiger partial charge >= 0.3 is 6.18 Å². The highest BCUT2D eigenvalue weighted by Crippen LogP contribution is 2.34. The number of hydrogen-bond donors (Lipinski definition) is 3. The smallest absolute Gasteiger partial charge is 0.416 e. The molecule has 0 spiro atoms. The number of nitrogens with one attached hydrogen (secondary N) is 2. The molecule has 2 rings (SSSR count). The molecule has 0 radical (unpaired) electrons. The van der Waals surface area contributed by atoms with Gasteiger partial charge in [-0.3, -0.25) is 0 Å². The lowest BCUT2D eigenvalue weighted by molar-refractivity contribution is -0.137. The number of halogens is 3. The molecule has 1 atom stereocenters. The molecule has 1 aromatic rings. The van der Waals surface area contributed by atoms with E-state index in [2.05, 4.69) is 10.6 Å². The summed E-state index contributed by atoms with van der Waals surface area (Å²) in [6.07, 6.45) is -1.09. The number of rotatable bonds is 3. The number of hydrogen-bond acceptors (Lipinski definition) is 3. The van der Waals surface area contributed by atoms with Gasteiger partial charge in [0.05, 0.1) is 11.3 Å². The van der Waals surface area contributed by atoms with Gasteiger partial charge in [0.2, 0.25) is 0 Å². The van der Waals surface area contributed by atoms with E-state index in [1.165, 1.54) is 6.07 Å². The first-order chi connectivity index (χ1) is 8.97. The standard InChI is InChI=1S/C13H17F3N2O/c14-13(15,16)9-4-5-11(12(19)7-9)18-8-10-3-1-2-6-17-10/h4-5,7,10,17-19H,1-3,6,8H2. The van der Waals surface area contributed by atoms with Crippen LogP contribution in [0.4, 0.5) is 18.9 Å². The van der Waals surface area contributed by atoms with Crippen LogP contribution < -0.4 is 10.6 Å². The lowest BCUT2D eigenvalue weighted by atomic mass is 10.0. The zero-order chi connectivity index (χ0) is 13.9. The van der Waals surface area contributed by atoms with E-state index < -0.39 is 11.7 Å². The topological polar surface area (TPSA) is 44.3 Å². The summed E-state index contributed by atoms with van der Waals surface area (Å²) in [5.74, 6) is -0.370. The SMILES string of the molecule is Oc1cc(C(F)(F)F)ccc1NCC1CCCCN1. The van der Waals surface area contributed by atoms with E-state index in [0.717, 1.165) is 37.9 Å². The Morgan fingerprint density at radius 3 is 2.68 bits per heavy atom. The highest BCUT2D eigenvalue weighted by Gasteiger charge is 2.31. The number of phenolic OH excluding ortho intramolecular Hbond substituents is 1. The number of aromatic hydroxyl groups is 1. The van der Waals surface area contributed by atoms with Crippen molar-refractivity contribution in [2.75, 3.05) is 18.4 Å². The molecule has 3 nitrogen and oxygen atoms in total. The van der Waals surface area contributed by atoms with Crippen LogP contribution in [0.5, 0.6) is 5.75 Å². The van der Waals surface area contributed by atoms with E-state index in [1.54, 1.807) is 0 Å². The fourth-order valence-electron chi connectivity index (χ4n) is 2.19. The average molecular weight is 274 g/mol. The summed E-state index contributed by atoms with van der Waals surface area (Å²) in [4.78, 5) is 0. The summed E-state index contributed by atoms with van der Waals surface area (Å²) < 4.78 is 37.3. The van der Waals surface area contributed by atoms with Crippen molar-refractivity contribution >= 4 is 5.69 Å². The van der Waals surface area contributed by atoms with Gasteiger partial charge in [0.1, 0.15) is 5.75 Å². The predicted octanol–water partition coefficient (Wildman–Crippen LogP) is 2.97. The Hall–Kier alpha value is -1.43. The second kappa shape index (κ2) is 5.69. The second-order valence-corrected chi connectivity index (χ2v) is 4.76. The average Bonchev–Trinajstić information content (AvgIpc) is 2.37. The van der Waals surface area contributed by atoms with Crippen molar-refractivity contribution in [1.82, 2.24) is 5.32 Å². The van der Waals surface area contributed by atoms with Gasteiger partial charge in [0.15, 0.2) is 0 Å². The van der Waals surface area contributed by atoms with Gasteiger partial charge in [-0.25, -0.2) is 0 Å². The monoisotopic (exact) mass is 274 g/mol. The van der Waals surface area contributed by atoms with Crippen LogP contribution in [0.25, 0.3) is 0 Å². The first-order valence-corrected chi connectivity index (χ1v) is 6.34. The van der Waals surface area contributed by atoms with Crippen LogP contribution in [-0.4, -0.2) is 24.2 Å². The second-order valence-electron chi connectivity index (χ2n) is 4.76. The summed E-state index contributed by atoms with van der Waals surface area (Å²) in [7, 11) is 0. The summed E-state index contributed by atoms with van der Waals surface area (Å²) in [5.41, 5.74) is -0.508. The number of anilines is 1. The summed E-state index contributed by atoms with van der Waals surface area (Å²) >= 11 is 0. The van der Waals surface area contributed by atoms with Crippen LogP contribution >= 0.6 is 0 Å². The number of alkyl halides is 3. The molecule has 1 fully saturated rings. The van der Waals surface area contributed by atoms with Gasteiger partial charge in [-0.05, 0) is 37.6 Å². The van der Waals surface area contributed by atoms with E-state index in [4.69, 9.17) is 0 Å². The molecule has 0 saturated carbocycles. The maximum Gasteiger partial charge on any atom is 0.416 e. The molecule has 1 aliphatic rings. The van der Waals surface area contributed by atoms with Crippen molar-refractivity contribution in [2.24, 2.45) is 0 Å². The Balaban J connectivity index is 1.97. The van der Waals surface area contributed by atoms with Crippen LogP contribution in [0.1, 0.15) is 24.8 Å². The molecule has 0 bridgehead atoms. The van der Waals surface area contributed by atoms with Gasteiger partial charge in [0.25, 0.3) is 0 Å². The number of phenols is 1. The third-order valence-electron chi connectivity index (χ3n) is 3.28. The fourth-order valence-corrected chi connectivity index (χ4v) is 2.19. The van der Waals surface area contributed by atoms with Crippen molar-refractivity contribution in [3.05, 3.63) is 23.8 Å². The Morgan fingerprint density at radius 2 is 2.11 bits per heavy atom. The van der Waals surface area contributed by atoms with Crippen LogP contribution in [-0.2, 0) is 6.18 Å². The maximum atomic E-state index is 12.4. The summed E-state index contributed by atoms with van der Waals surface area (Å²) in [5, 5.41) is 15.9. The van der Waals surface area contributed by atoms with Crippen LogP contribution in [0.15, 0.2) is 18.2 Å². The van der Waals surface area contributed by atoms with E-state index in [1.807, 2.05) is 0 Å². The predicted molar refractivity (Wildman–Crippen MR) is 67.2 cm³/mol. The van der Waals surface area contributed by atoms with Crippen molar-refractivity contribution in [2.45, 2.75) is 31.5 Å². The van der Waals surface area contributed by atoms with E-state index in [9.17, 15) is 18.3 Å². The van der Waals surface area contributed by atoms with E-state index >= 15 is 0 Å². The van der Waals surface area contributed by atoms with Crippen molar-refractivity contribution in [3.63, 3.8) is 0 Å². The molecule has 1 unspecified atom stereocenters. The molecule has 1 aromatic carbocycles. The third-order valence-corrected chi connectivity index (χ3v) is 3.28. The van der Waals surface area contributed by atoms with Crippen LogP contribution in [0.3, 0.4) is 0 Å². The van der Waals surface area contributed by atoms with Gasteiger partial charge in [-0.15, -0.1) is 0 Å². The first-order valence-electron chi connectivity index (χ1n) is 6.34. The summed E-state index contributed by atoms with van der Waals surface area (Å²) in [6.45, 7) is 1.56. The minimum absolute atomic E-state index is 0.301. The zero-order valence-electron chi connectivity index (χ0n) is 10.4. The molecule has 0 aromatic heterocycles. The minimum atomic E-state index is -4.43. The maximum absolute atomic E-state index is 12.4. The quantitative estimate of drug-likeness (QED) is 0.742. The lowest BCUT2D eigenvalue weighted by Gasteiger charge is -2.24. The molecular weight excluding hydrogens is 257 g/mol. The van der Waals surface area contributed by atoms with Crippen molar-refractivity contribution in [3.8, 4) is 5.75 Å². The Labute approximate surface area is 109 Å². The van der Waals surface area contributed by atoms with Gasteiger partial charge < -0.3 is 15.7 Å². The molecule has 106 valence electrons. The third kappa shape index (κ3) is 3.76. The summed E-state index contributed by atoms with van der Waals surface area (Å²) in [6, 6.07) is 3.28. The zero-order valence-corrected chi connectivity index (χ0v) is 10.4. The number of benzene rings is 1. The molecular formula is C13H17F3N2O. The highest BCUT2D eigenvalue weighted by molar-refractivity contribution is 5.57. The molecule has 1 heterocycles. The fraction of sp³-hybridized carbons (Fsp3) is 0.538. The number of piperidine rings is 1. The molecule has 3 N–H and O–H groups in total. The largest absolute Gasteiger partial charge is 0.506 e. The van der Waals surface area contributed by atoms with Gasteiger partial charge in [-0.1, -0.05) is 6.42 Å². The molecule has 0 aliphatic carbocycles. The first kappa shape index (κ1) is 14.0. The minimum Gasteiger partial charge on any atom is -0.506 e. The molecule has 19 heavy (non-hydrogen) atoms. The van der Waals surface area contributed by atoms with E-state index in [-0.39, 0.29) is 5.75 Å². The normalized spacial score (nSPS) is 20.3. The van der Waals surface area contributed by atoms with Gasteiger partial charge in [-0.2, -0.15) is 13.2 Å². The Morgan fingerprint density at radius 1 is 1.32 bits per heavy atom. The van der Waals surface area contributed by atoms with Crippen molar-refractivity contribution in [1.29, 1.82) is 0 Å². The highest BCUT2D eigenvalue weighted by atomic mass is 19.4. The molecule has 1 aliphatic heterocycles. The molecule has 1 saturated heterocycles. The van der Waals surface area contributed by atoms with Crippen LogP contribution in [0, 0.1) is 0 Å². The molecule has 6 heteroatoms. The van der Waals surface area contributed by atoms with E-state index in [0.29, 0.717) is 18.3 Å². The Kier molecular flexibility index (Phi) is 4.19. The van der Waals surface area contributed by atoms with Gasteiger partial charge in [0, 0.05) is 12.6 Å².